The Hall–Kier alpha value is -2.60. The zero-order valence-corrected chi connectivity index (χ0v) is 22.7. The van der Waals surface area contributed by atoms with Crippen molar-refractivity contribution < 1.29 is 9.53 Å². The van der Waals surface area contributed by atoms with Crippen molar-refractivity contribution in [3.8, 4) is 0 Å². The minimum absolute atomic E-state index is 0.185. The third kappa shape index (κ3) is 7.95. The van der Waals surface area contributed by atoms with Crippen molar-refractivity contribution in [3.63, 3.8) is 0 Å². The molecule has 1 atom stereocenters. The molecule has 4 aromatic rings. The van der Waals surface area contributed by atoms with Gasteiger partial charge in [0.1, 0.15) is 5.25 Å². The van der Waals surface area contributed by atoms with E-state index < -0.39 is 0 Å². The van der Waals surface area contributed by atoms with Crippen LogP contribution in [0.15, 0.2) is 136 Å². The molecule has 0 N–H and O–H groups in total. The summed E-state index contributed by atoms with van der Waals surface area (Å²) in [5, 5.41) is -0.333. The van der Waals surface area contributed by atoms with Gasteiger partial charge in [0, 0.05) is 14.7 Å². The fourth-order valence-electron chi connectivity index (χ4n) is 3.94. The predicted octanol–water partition coefficient (Wildman–Crippen LogP) is 8.62. The Morgan fingerprint density at radius 2 is 1.14 bits per heavy atom. The molecule has 0 spiro atoms. The van der Waals surface area contributed by atoms with E-state index in [1.54, 1.807) is 11.8 Å². The molecule has 0 saturated heterocycles. The van der Waals surface area contributed by atoms with Gasteiger partial charge in [-0.2, -0.15) is 0 Å². The van der Waals surface area contributed by atoms with Gasteiger partial charge in [-0.3, -0.25) is 4.79 Å². The normalized spacial score (nSPS) is 12.1. The lowest BCUT2D eigenvalue weighted by Gasteiger charge is -2.35. The molecule has 0 saturated carbocycles. The molecule has 0 amide bonds. The maximum absolute atomic E-state index is 13.1. The van der Waals surface area contributed by atoms with Crippen molar-refractivity contribution >= 4 is 41.3 Å². The number of hydrogen-bond donors (Lipinski definition) is 0. The van der Waals surface area contributed by atoms with Crippen LogP contribution in [-0.2, 0) is 16.0 Å². The minimum atomic E-state index is -0.333. The van der Waals surface area contributed by atoms with E-state index in [0.29, 0.717) is 6.42 Å². The number of thioether (sulfide) groups is 3. The quantitative estimate of drug-likeness (QED) is 0.104. The average molecular weight is 531 g/mol. The summed E-state index contributed by atoms with van der Waals surface area (Å²) >= 11 is 5.31. The van der Waals surface area contributed by atoms with Gasteiger partial charge in [0.2, 0.25) is 0 Å². The lowest BCUT2D eigenvalue weighted by molar-refractivity contribution is -0.140. The number of hydrogen-bond acceptors (Lipinski definition) is 5. The SMILES string of the molecule is COC(=O)C(CC(CCc1ccccc1)(Sc1ccccc1)Sc1ccccc1)Sc1ccccc1. The van der Waals surface area contributed by atoms with E-state index >= 15 is 0 Å². The number of ether oxygens (including phenoxy) is 1. The molecule has 0 aliphatic heterocycles. The van der Waals surface area contributed by atoms with E-state index in [4.69, 9.17) is 4.74 Å². The van der Waals surface area contributed by atoms with E-state index in [1.165, 1.54) is 22.5 Å². The standard InChI is InChI=1S/C31H30O2S3/c1-33-30(32)29(34-26-16-8-3-9-17-26)24-31(35-27-18-10-4-11-19-27,36-28-20-12-5-13-21-28)23-22-25-14-6-2-7-15-25/h2-21,29H,22-24H2,1H3. The monoisotopic (exact) mass is 530 g/mol. The highest BCUT2D eigenvalue weighted by atomic mass is 32.2. The van der Waals surface area contributed by atoms with Crippen LogP contribution in [0.2, 0.25) is 0 Å². The first-order valence-electron chi connectivity index (χ1n) is 12.0. The first kappa shape index (κ1) is 26.5. The Kier molecular flexibility index (Phi) is 10.0. The maximum Gasteiger partial charge on any atom is 0.319 e. The molecule has 0 aliphatic carbocycles. The largest absolute Gasteiger partial charge is 0.468 e. The summed E-state index contributed by atoms with van der Waals surface area (Å²) in [7, 11) is 1.49. The van der Waals surface area contributed by atoms with Crippen molar-refractivity contribution in [3.05, 3.63) is 127 Å². The maximum atomic E-state index is 13.1. The van der Waals surface area contributed by atoms with Crippen molar-refractivity contribution in [1.82, 2.24) is 0 Å². The van der Waals surface area contributed by atoms with Crippen LogP contribution in [0.3, 0.4) is 0 Å². The van der Waals surface area contributed by atoms with Crippen molar-refractivity contribution in [2.45, 2.75) is 43.3 Å². The summed E-state index contributed by atoms with van der Waals surface area (Å²) in [6.07, 6.45) is 2.48. The molecule has 0 aliphatic rings. The van der Waals surface area contributed by atoms with Gasteiger partial charge in [0.15, 0.2) is 0 Å². The highest BCUT2D eigenvalue weighted by Crippen LogP contribution is 2.53. The fourth-order valence-corrected chi connectivity index (χ4v) is 8.46. The Morgan fingerprint density at radius 3 is 1.61 bits per heavy atom. The molecule has 0 fully saturated rings. The van der Waals surface area contributed by atoms with Crippen LogP contribution in [0.25, 0.3) is 0 Å². The zero-order chi connectivity index (χ0) is 25.1. The van der Waals surface area contributed by atoms with Crippen molar-refractivity contribution in [2.75, 3.05) is 7.11 Å². The van der Waals surface area contributed by atoms with Gasteiger partial charge in [-0.15, -0.1) is 35.3 Å². The lowest BCUT2D eigenvalue weighted by Crippen LogP contribution is -2.31. The molecule has 0 radical (unpaired) electrons. The number of rotatable bonds is 12. The number of carbonyl (C=O) groups is 1. The van der Waals surface area contributed by atoms with E-state index in [1.807, 2.05) is 53.9 Å². The molecule has 4 aromatic carbocycles. The molecule has 36 heavy (non-hydrogen) atoms. The van der Waals surface area contributed by atoms with Crippen LogP contribution in [0.4, 0.5) is 0 Å². The summed E-state index contributed by atoms with van der Waals surface area (Å²) in [5.41, 5.74) is 1.30. The molecule has 0 bridgehead atoms. The summed E-state index contributed by atoms with van der Waals surface area (Å²) in [4.78, 5) is 16.6. The Labute approximate surface area is 227 Å². The topological polar surface area (TPSA) is 26.3 Å². The van der Waals surface area contributed by atoms with Gasteiger partial charge < -0.3 is 4.74 Å². The first-order valence-corrected chi connectivity index (χ1v) is 14.5. The zero-order valence-electron chi connectivity index (χ0n) is 20.3. The number of benzene rings is 4. The van der Waals surface area contributed by atoms with Gasteiger partial charge in [-0.05, 0) is 61.2 Å². The Morgan fingerprint density at radius 1 is 0.694 bits per heavy atom. The summed E-state index contributed by atoms with van der Waals surface area (Å²) in [5.74, 6) is -0.185. The fraction of sp³-hybridized carbons (Fsp3) is 0.194. The third-order valence-electron chi connectivity index (χ3n) is 5.71. The molecular weight excluding hydrogens is 501 g/mol. The van der Waals surface area contributed by atoms with Gasteiger partial charge in [0.25, 0.3) is 0 Å². The Balaban J connectivity index is 1.72. The summed E-state index contributed by atoms with van der Waals surface area (Å²) in [6.45, 7) is 0. The molecule has 1 unspecified atom stereocenters. The van der Waals surface area contributed by atoms with Crippen LogP contribution >= 0.6 is 35.3 Å². The predicted molar refractivity (Wildman–Crippen MR) is 155 cm³/mol. The van der Waals surface area contributed by atoms with E-state index in [9.17, 15) is 4.79 Å². The highest BCUT2D eigenvalue weighted by molar-refractivity contribution is 8.18. The first-order chi connectivity index (χ1) is 17.7. The molecule has 0 aromatic heterocycles. The number of aryl methyl sites for hydroxylation is 1. The van der Waals surface area contributed by atoms with Crippen LogP contribution in [-0.4, -0.2) is 22.4 Å². The molecular formula is C31H30O2S3. The van der Waals surface area contributed by atoms with Crippen LogP contribution in [0.5, 0.6) is 0 Å². The number of methoxy groups -OCH3 is 1. The van der Waals surface area contributed by atoms with E-state index in [2.05, 4.69) is 91.0 Å². The summed E-state index contributed by atoms with van der Waals surface area (Å²) < 4.78 is 5.02. The van der Waals surface area contributed by atoms with Crippen LogP contribution < -0.4 is 0 Å². The van der Waals surface area contributed by atoms with E-state index in [0.717, 1.165) is 17.7 Å². The molecule has 0 heterocycles. The summed E-state index contributed by atoms with van der Waals surface area (Å²) in [6, 6.07) is 41.8. The second-order valence-corrected chi connectivity index (χ2v) is 12.8. The van der Waals surface area contributed by atoms with E-state index in [-0.39, 0.29) is 15.3 Å². The van der Waals surface area contributed by atoms with Crippen molar-refractivity contribution in [2.24, 2.45) is 0 Å². The number of carbonyl (C=O) groups excluding carboxylic acids is 1. The second-order valence-electron chi connectivity index (χ2n) is 8.37. The smallest absolute Gasteiger partial charge is 0.319 e. The van der Waals surface area contributed by atoms with Crippen LogP contribution in [0.1, 0.15) is 18.4 Å². The van der Waals surface area contributed by atoms with Gasteiger partial charge in [-0.25, -0.2) is 0 Å². The van der Waals surface area contributed by atoms with Gasteiger partial charge >= 0.3 is 5.97 Å². The number of esters is 1. The molecule has 4 rings (SSSR count). The van der Waals surface area contributed by atoms with Gasteiger partial charge in [0.05, 0.1) is 11.2 Å². The molecule has 2 nitrogen and oxygen atoms in total. The Bertz CT molecular complexity index is 1140. The van der Waals surface area contributed by atoms with Crippen molar-refractivity contribution in [1.29, 1.82) is 0 Å². The minimum Gasteiger partial charge on any atom is -0.468 e. The molecule has 184 valence electrons. The second kappa shape index (κ2) is 13.6. The lowest BCUT2D eigenvalue weighted by atomic mass is 10.0. The highest BCUT2D eigenvalue weighted by Gasteiger charge is 2.38. The molecule has 5 heteroatoms. The average Bonchev–Trinajstić information content (AvgIpc) is 2.93. The third-order valence-corrected chi connectivity index (χ3v) is 9.90. The van der Waals surface area contributed by atoms with Crippen LogP contribution in [0, 0.1) is 0 Å². The van der Waals surface area contributed by atoms with Gasteiger partial charge in [-0.1, -0.05) is 84.9 Å².